The van der Waals surface area contributed by atoms with Gasteiger partial charge in [0, 0.05) is 23.4 Å². The average Bonchev–Trinajstić information content (AvgIpc) is 2.71. The van der Waals surface area contributed by atoms with E-state index in [1.807, 2.05) is 32.0 Å². The molecule has 4 nitrogen and oxygen atoms in total. The van der Waals surface area contributed by atoms with Crippen LogP contribution >= 0.6 is 0 Å². The minimum atomic E-state index is -0.284. The zero-order valence-electron chi connectivity index (χ0n) is 16.5. The van der Waals surface area contributed by atoms with Crippen LogP contribution in [0.4, 0.5) is 10.1 Å². The van der Waals surface area contributed by atoms with Crippen molar-refractivity contribution >= 4 is 17.5 Å². The molecule has 148 valence electrons. The zero-order valence-corrected chi connectivity index (χ0v) is 16.5. The van der Waals surface area contributed by atoms with E-state index >= 15 is 0 Å². The van der Waals surface area contributed by atoms with Gasteiger partial charge in [-0.05, 0) is 67.8 Å². The molecule has 0 unspecified atom stereocenters. The minimum absolute atomic E-state index is 0.256. The Morgan fingerprint density at radius 2 is 1.55 bits per heavy atom. The molecule has 5 heteroatoms. The molecule has 3 aromatic rings. The lowest BCUT2D eigenvalue weighted by molar-refractivity contribution is 0.0954. The second-order valence-electron chi connectivity index (χ2n) is 6.99. The topological polar surface area (TPSA) is 58.2 Å². The number of rotatable bonds is 6. The van der Waals surface area contributed by atoms with E-state index in [2.05, 4.69) is 10.6 Å². The highest BCUT2D eigenvalue weighted by Crippen LogP contribution is 2.17. The Morgan fingerprint density at radius 1 is 0.862 bits per heavy atom. The van der Waals surface area contributed by atoms with Crippen molar-refractivity contribution in [2.45, 2.75) is 20.3 Å². The number of anilines is 1. The van der Waals surface area contributed by atoms with Crippen LogP contribution in [-0.4, -0.2) is 18.4 Å². The molecule has 0 bridgehead atoms. The zero-order chi connectivity index (χ0) is 20.8. The maximum absolute atomic E-state index is 12.9. The van der Waals surface area contributed by atoms with E-state index in [0.29, 0.717) is 24.1 Å². The van der Waals surface area contributed by atoms with Gasteiger partial charge in [-0.25, -0.2) is 4.39 Å². The lowest BCUT2D eigenvalue weighted by Gasteiger charge is -2.10. The lowest BCUT2D eigenvalue weighted by atomic mass is 10.1. The van der Waals surface area contributed by atoms with Crippen molar-refractivity contribution in [3.05, 3.63) is 100 Å². The molecule has 0 atom stereocenters. The number of benzene rings is 3. The van der Waals surface area contributed by atoms with Crippen molar-refractivity contribution in [1.82, 2.24) is 5.32 Å². The van der Waals surface area contributed by atoms with Gasteiger partial charge in [0.25, 0.3) is 11.8 Å². The van der Waals surface area contributed by atoms with Crippen LogP contribution in [0.5, 0.6) is 0 Å². The number of halogens is 1. The summed E-state index contributed by atoms with van der Waals surface area (Å²) in [7, 11) is 0. The largest absolute Gasteiger partial charge is 0.352 e. The first-order chi connectivity index (χ1) is 13.9. The summed E-state index contributed by atoms with van der Waals surface area (Å²) < 4.78 is 12.9. The number of carbonyl (C=O) groups is 2. The van der Waals surface area contributed by atoms with Crippen LogP contribution in [0.3, 0.4) is 0 Å². The predicted octanol–water partition coefficient (Wildman–Crippen LogP) is 4.67. The summed E-state index contributed by atoms with van der Waals surface area (Å²) in [5, 5.41) is 5.72. The van der Waals surface area contributed by atoms with E-state index in [-0.39, 0.29) is 17.6 Å². The Kier molecular flexibility index (Phi) is 6.39. The Labute approximate surface area is 169 Å². The van der Waals surface area contributed by atoms with Gasteiger partial charge in [-0.1, -0.05) is 35.9 Å². The van der Waals surface area contributed by atoms with Crippen LogP contribution in [0.2, 0.25) is 0 Å². The predicted molar refractivity (Wildman–Crippen MR) is 113 cm³/mol. The second-order valence-corrected chi connectivity index (χ2v) is 6.99. The van der Waals surface area contributed by atoms with Gasteiger partial charge in [-0.2, -0.15) is 0 Å². The quantitative estimate of drug-likeness (QED) is 0.643. The Balaban J connectivity index is 1.61. The SMILES string of the molecule is Cc1ccc(NC(=O)c2cccc(C(=O)NCCc3ccc(F)cc3)c2)c(C)c1. The van der Waals surface area contributed by atoms with E-state index in [0.717, 1.165) is 22.4 Å². The van der Waals surface area contributed by atoms with Gasteiger partial charge in [-0.15, -0.1) is 0 Å². The van der Waals surface area contributed by atoms with Gasteiger partial charge in [-0.3, -0.25) is 9.59 Å². The van der Waals surface area contributed by atoms with Crippen LogP contribution < -0.4 is 10.6 Å². The summed E-state index contributed by atoms with van der Waals surface area (Å²) in [5.41, 5.74) is 4.62. The van der Waals surface area contributed by atoms with E-state index < -0.39 is 0 Å². The normalized spacial score (nSPS) is 10.4. The monoisotopic (exact) mass is 390 g/mol. The molecule has 0 saturated heterocycles. The van der Waals surface area contributed by atoms with Gasteiger partial charge < -0.3 is 10.6 Å². The number of carbonyl (C=O) groups excluding carboxylic acids is 2. The van der Waals surface area contributed by atoms with E-state index in [1.54, 1.807) is 36.4 Å². The molecule has 0 aliphatic rings. The fourth-order valence-electron chi connectivity index (χ4n) is 3.02. The standard InChI is InChI=1S/C24H23FN2O2/c1-16-6-11-22(17(2)14-16)27-24(29)20-5-3-4-19(15-20)23(28)26-13-12-18-7-9-21(25)10-8-18/h3-11,14-15H,12-13H2,1-2H3,(H,26,28)(H,27,29). The summed E-state index contributed by atoms with van der Waals surface area (Å²) in [4.78, 5) is 25.0. The summed E-state index contributed by atoms with van der Waals surface area (Å²) in [5.74, 6) is -0.806. The van der Waals surface area contributed by atoms with Gasteiger partial charge >= 0.3 is 0 Å². The molecule has 0 aromatic heterocycles. The molecule has 0 aliphatic carbocycles. The number of hydrogen-bond donors (Lipinski definition) is 2. The van der Waals surface area contributed by atoms with E-state index in [9.17, 15) is 14.0 Å². The molecular weight excluding hydrogens is 367 g/mol. The molecule has 0 radical (unpaired) electrons. The third-order valence-electron chi connectivity index (χ3n) is 4.63. The first kappa shape index (κ1) is 20.3. The van der Waals surface area contributed by atoms with Crippen molar-refractivity contribution in [3.63, 3.8) is 0 Å². The van der Waals surface area contributed by atoms with Crippen LogP contribution in [0.15, 0.2) is 66.7 Å². The maximum Gasteiger partial charge on any atom is 0.255 e. The minimum Gasteiger partial charge on any atom is -0.352 e. The van der Waals surface area contributed by atoms with Crippen LogP contribution in [-0.2, 0) is 6.42 Å². The molecule has 0 saturated carbocycles. The van der Waals surface area contributed by atoms with Crippen molar-refractivity contribution in [1.29, 1.82) is 0 Å². The van der Waals surface area contributed by atoms with Gasteiger partial charge in [0.15, 0.2) is 0 Å². The van der Waals surface area contributed by atoms with Gasteiger partial charge in [0.1, 0.15) is 5.82 Å². The smallest absolute Gasteiger partial charge is 0.255 e. The number of aryl methyl sites for hydroxylation is 2. The summed E-state index contributed by atoms with van der Waals surface area (Å²) in [6.45, 7) is 4.35. The fourth-order valence-corrected chi connectivity index (χ4v) is 3.02. The summed E-state index contributed by atoms with van der Waals surface area (Å²) in [6, 6.07) is 18.6. The van der Waals surface area contributed by atoms with Crippen molar-refractivity contribution in [2.75, 3.05) is 11.9 Å². The second kappa shape index (κ2) is 9.15. The average molecular weight is 390 g/mol. The van der Waals surface area contributed by atoms with Crippen molar-refractivity contribution in [2.24, 2.45) is 0 Å². The van der Waals surface area contributed by atoms with E-state index in [4.69, 9.17) is 0 Å². The Morgan fingerprint density at radius 3 is 2.24 bits per heavy atom. The molecule has 0 heterocycles. The third-order valence-corrected chi connectivity index (χ3v) is 4.63. The molecule has 3 aromatic carbocycles. The summed E-state index contributed by atoms with van der Waals surface area (Å²) >= 11 is 0. The third kappa shape index (κ3) is 5.51. The van der Waals surface area contributed by atoms with Crippen LogP contribution in [0.25, 0.3) is 0 Å². The van der Waals surface area contributed by atoms with Crippen molar-refractivity contribution < 1.29 is 14.0 Å². The molecule has 0 aliphatic heterocycles. The Hall–Kier alpha value is -3.47. The molecule has 0 fully saturated rings. The first-order valence-corrected chi connectivity index (χ1v) is 9.44. The van der Waals surface area contributed by atoms with Crippen LogP contribution in [0.1, 0.15) is 37.4 Å². The van der Waals surface area contributed by atoms with Gasteiger partial charge in [0.05, 0.1) is 0 Å². The Bertz CT molecular complexity index is 1030. The van der Waals surface area contributed by atoms with Crippen LogP contribution in [0, 0.1) is 19.7 Å². The molecule has 29 heavy (non-hydrogen) atoms. The number of amides is 2. The number of hydrogen-bond acceptors (Lipinski definition) is 2. The van der Waals surface area contributed by atoms with E-state index in [1.165, 1.54) is 12.1 Å². The highest BCUT2D eigenvalue weighted by molar-refractivity contribution is 6.06. The molecular formula is C24H23FN2O2. The molecule has 2 amide bonds. The van der Waals surface area contributed by atoms with Gasteiger partial charge in [0.2, 0.25) is 0 Å². The number of nitrogens with one attached hydrogen (secondary N) is 2. The lowest BCUT2D eigenvalue weighted by Crippen LogP contribution is -2.26. The van der Waals surface area contributed by atoms with Crippen molar-refractivity contribution in [3.8, 4) is 0 Å². The fraction of sp³-hybridized carbons (Fsp3) is 0.167. The maximum atomic E-state index is 12.9. The molecule has 0 spiro atoms. The summed E-state index contributed by atoms with van der Waals surface area (Å²) in [6.07, 6.45) is 0.596. The first-order valence-electron chi connectivity index (χ1n) is 9.44. The molecule has 2 N–H and O–H groups in total. The molecule has 3 rings (SSSR count). The highest BCUT2D eigenvalue weighted by atomic mass is 19.1. The highest BCUT2D eigenvalue weighted by Gasteiger charge is 2.11.